The van der Waals surface area contributed by atoms with Gasteiger partial charge in [-0.05, 0) is 6.07 Å². The first-order valence-corrected chi connectivity index (χ1v) is 7.74. The molecule has 22 heavy (non-hydrogen) atoms. The number of hydrogen-bond donors (Lipinski definition) is 1. The molecule has 1 aliphatic rings. The van der Waals surface area contributed by atoms with Crippen molar-refractivity contribution >= 4 is 40.4 Å². The molecule has 8 heteroatoms. The molecule has 3 heterocycles. The number of nitrogens with zero attached hydrogens (tertiary/aromatic N) is 5. The largest absolute Gasteiger partial charge is 0.383 e. The summed E-state index contributed by atoms with van der Waals surface area (Å²) in [5.74, 6) is 0.836. The summed E-state index contributed by atoms with van der Waals surface area (Å²) in [6.45, 7) is 3.38. The number of halogens is 2. The molecule has 0 aromatic carbocycles. The van der Waals surface area contributed by atoms with Crippen LogP contribution in [0.25, 0.3) is 0 Å². The smallest absolute Gasteiger partial charge is 0.157 e. The van der Waals surface area contributed by atoms with Gasteiger partial charge < -0.3 is 15.1 Å². The Morgan fingerprint density at radius 1 is 1.09 bits per heavy atom. The molecule has 0 unspecified atom stereocenters. The van der Waals surface area contributed by atoms with Crippen molar-refractivity contribution in [1.82, 2.24) is 15.0 Å². The van der Waals surface area contributed by atoms with E-state index in [1.165, 1.54) is 6.33 Å². The third kappa shape index (κ3) is 2.89. The van der Waals surface area contributed by atoms with Gasteiger partial charge in [-0.15, -0.1) is 0 Å². The summed E-state index contributed by atoms with van der Waals surface area (Å²) in [6.07, 6.45) is 4.92. The fraction of sp³-hybridized carbons (Fsp3) is 0.357. The molecule has 0 aliphatic carbocycles. The van der Waals surface area contributed by atoms with Crippen molar-refractivity contribution in [2.45, 2.75) is 0 Å². The molecule has 0 atom stereocenters. The zero-order valence-electron chi connectivity index (χ0n) is 12.1. The number of aromatic nitrogens is 3. The summed E-state index contributed by atoms with van der Waals surface area (Å²) in [5, 5.41) is 4.19. The molecule has 1 aliphatic heterocycles. The zero-order chi connectivity index (χ0) is 15.5. The van der Waals surface area contributed by atoms with E-state index in [4.69, 9.17) is 23.2 Å². The summed E-state index contributed by atoms with van der Waals surface area (Å²) in [6, 6.07) is 1.94. The van der Waals surface area contributed by atoms with E-state index in [2.05, 4.69) is 30.1 Å². The summed E-state index contributed by atoms with van der Waals surface area (Å²) in [4.78, 5) is 16.9. The standard InChI is InChI=1S/C14H16Cl2N6/c1-17-12-13(16)19-9-20-14(12)22-6-4-21(5-7-22)11-2-3-18-8-10(11)15/h2-3,8-9,17H,4-7H2,1H3. The van der Waals surface area contributed by atoms with Crippen LogP contribution in [0.3, 0.4) is 0 Å². The highest BCUT2D eigenvalue weighted by molar-refractivity contribution is 6.33. The Bertz CT molecular complexity index is 658. The third-order valence-electron chi connectivity index (χ3n) is 3.70. The van der Waals surface area contributed by atoms with Gasteiger partial charge in [-0.1, -0.05) is 23.2 Å². The highest BCUT2D eigenvalue weighted by atomic mass is 35.5. The van der Waals surface area contributed by atoms with Crippen molar-refractivity contribution < 1.29 is 0 Å². The van der Waals surface area contributed by atoms with Crippen LogP contribution in [0.4, 0.5) is 17.2 Å². The van der Waals surface area contributed by atoms with Crippen molar-refractivity contribution in [3.05, 3.63) is 35.0 Å². The molecular weight excluding hydrogens is 323 g/mol. The van der Waals surface area contributed by atoms with Gasteiger partial charge in [-0.25, -0.2) is 9.97 Å². The zero-order valence-corrected chi connectivity index (χ0v) is 13.6. The van der Waals surface area contributed by atoms with Crippen LogP contribution in [0, 0.1) is 0 Å². The lowest BCUT2D eigenvalue weighted by molar-refractivity contribution is 0.647. The van der Waals surface area contributed by atoms with Crippen LogP contribution < -0.4 is 15.1 Å². The summed E-state index contributed by atoms with van der Waals surface area (Å²) in [5.41, 5.74) is 1.78. The number of piperazine rings is 1. The summed E-state index contributed by atoms with van der Waals surface area (Å²) >= 11 is 12.3. The van der Waals surface area contributed by atoms with Crippen LogP contribution in [0.5, 0.6) is 0 Å². The second-order valence-electron chi connectivity index (χ2n) is 4.91. The first kappa shape index (κ1) is 15.1. The summed E-state index contributed by atoms with van der Waals surface area (Å²) in [7, 11) is 1.82. The monoisotopic (exact) mass is 338 g/mol. The Morgan fingerprint density at radius 2 is 1.82 bits per heavy atom. The van der Waals surface area contributed by atoms with Gasteiger partial charge in [-0.3, -0.25) is 4.98 Å². The number of rotatable bonds is 3. The SMILES string of the molecule is CNc1c(Cl)ncnc1N1CCN(c2ccncc2Cl)CC1. The Kier molecular flexibility index (Phi) is 4.49. The first-order valence-electron chi connectivity index (χ1n) is 6.98. The number of pyridine rings is 1. The van der Waals surface area contributed by atoms with Gasteiger partial charge >= 0.3 is 0 Å². The number of anilines is 3. The molecule has 3 rings (SSSR count). The van der Waals surface area contributed by atoms with E-state index < -0.39 is 0 Å². The lowest BCUT2D eigenvalue weighted by atomic mass is 10.2. The molecule has 1 saturated heterocycles. The van der Waals surface area contributed by atoms with E-state index in [1.807, 2.05) is 13.1 Å². The van der Waals surface area contributed by atoms with Crippen LogP contribution in [-0.2, 0) is 0 Å². The molecule has 0 spiro atoms. The molecule has 1 fully saturated rings. The third-order valence-corrected chi connectivity index (χ3v) is 4.28. The minimum absolute atomic E-state index is 0.437. The minimum atomic E-state index is 0.437. The van der Waals surface area contributed by atoms with Gasteiger partial charge in [0.15, 0.2) is 11.0 Å². The van der Waals surface area contributed by atoms with Crippen LogP contribution in [0.15, 0.2) is 24.8 Å². The van der Waals surface area contributed by atoms with Gasteiger partial charge in [0.05, 0.1) is 10.7 Å². The van der Waals surface area contributed by atoms with E-state index in [-0.39, 0.29) is 0 Å². The highest BCUT2D eigenvalue weighted by Gasteiger charge is 2.22. The normalized spacial score (nSPS) is 15.0. The molecule has 2 aromatic heterocycles. The molecule has 6 nitrogen and oxygen atoms in total. The van der Waals surface area contributed by atoms with Crippen LogP contribution >= 0.6 is 23.2 Å². The summed E-state index contributed by atoms with van der Waals surface area (Å²) < 4.78 is 0. The van der Waals surface area contributed by atoms with E-state index in [9.17, 15) is 0 Å². The van der Waals surface area contributed by atoms with Crippen LogP contribution in [-0.4, -0.2) is 48.2 Å². The van der Waals surface area contributed by atoms with Crippen molar-refractivity contribution in [3.63, 3.8) is 0 Å². The Morgan fingerprint density at radius 3 is 2.50 bits per heavy atom. The molecule has 0 amide bonds. The van der Waals surface area contributed by atoms with Crippen molar-refractivity contribution in [2.75, 3.05) is 48.3 Å². The van der Waals surface area contributed by atoms with Gasteiger partial charge in [-0.2, -0.15) is 0 Å². The Labute approximate surface area is 139 Å². The maximum Gasteiger partial charge on any atom is 0.157 e. The topological polar surface area (TPSA) is 57.2 Å². The molecule has 0 saturated carbocycles. The van der Waals surface area contributed by atoms with Crippen LogP contribution in [0.1, 0.15) is 0 Å². The van der Waals surface area contributed by atoms with E-state index in [0.29, 0.717) is 10.2 Å². The predicted molar refractivity (Wildman–Crippen MR) is 90.3 cm³/mol. The molecule has 1 N–H and O–H groups in total. The molecule has 116 valence electrons. The maximum absolute atomic E-state index is 6.21. The molecule has 2 aromatic rings. The quantitative estimate of drug-likeness (QED) is 0.868. The number of hydrogen-bond acceptors (Lipinski definition) is 6. The maximum atomic E-state index is 6.21. The van der Waals surface area contributed by atoms with E-state index in [0.717, 1.165) is 43.4 Å². The molecule has 0 bridgehead atoms. The highest BCUT2D eigenvalue weighted by Crippen LogP contribution is 2.31. The second-order valence-corrected chi connectivity index (χ2v) is 5.68. The van der Waals surface area contributed by atoms with Gasteiger partial charge in [0.25, 0.3) is 0 Å². The lowest BCUT2D eigenvalue weighted by Gasteiger charge is -2.37. The predicted octanol–water partition coefficient (Wildman–Crippen LogP) is 2.55. The number of nitrogens with one attached hydrogen (secondary N) is 1. The fourth-order valence-corrected chi connectivity index (χ4v) is 3.06. The van der Waals surface area contributed by atoms with Gasteiger partial charge in [0.2, 0.25) is 0 Å². The van der Waals surface area contributed by atoms with Crippen molar-refractivity contribution in [3.8, 4) is 0 Å². The average molecular weight is 339 g/mol. The molecule has 0 radical (unpaired) electrons. The minimum Gasteiger partial charge on any atom is -0.383 e. The van der Waals surface area contributed by atoms with Gasteiger partial charge in [0.1, 0.15) is 12.0 Å². The second kappa shape index (κ2) is 6.54. The first-order chi connectivity index (χ1) is 10.7. The van der Waals surface area contributed by atoms with Crippen LogP contribution in [0.2, 0.25) is 10.2 Å². The van der Waals surface area contributed by atoms with Crippen molar-refractivity contribution in [1.29, 1.82) is 0 Å². The van der Waals surface area contributed by atoms with E-state index >= 15 is 0 Å². The van der Waals surface area contributed by atoms with Gasteiger partial charge in [0, 0.05) is 45.6 Å². The van der Waals surface area contributed by atoms with E-state index in [1.54, 1.807) is 12.4 Å². The average Bonchev–Trinajstić information content (AvgIpc) is 2.55. The Balaban J connectivity index is 1.75. The fourth-order valence-electron chi connectivity index (χ4n) is 2.59. The van der Waals surface area contributed by atoms with Crippen molar-refractivity contribution in [2.24, 2.45) is 0 Å². The lowest BCUT2D eigenvalue weighted by Crippen LogP contribution is -2.47. The molecular formula is C14H16Cl2N6. The Hall–Kier alpha value is -1.79.